The number of para-hydroxylation sites is 2. The minimum atomic E-state index is -1.97. The van der Waals surface area contributed by atoms with Gasteiger partial charge in [0, 0.05) is 78.3 Å². The lowest BCUT2D eigenvalue weighted by molar-refractivity contribution is -0.145. The van der Waals surface area contributed by atoms with E-state index < -0.39 is 217 Å². The Morgan fingerprint density at radius 1 is 0.536 bits per heavy atom. The van der Waals surface area contributed by atoms with Crippen molar-refractivity contribution in [2.24, 2.45) is 17.8 Å². The van der Waals surface area contributed by atoms with E-state index in [2.05, 4.69) is 79.1 Å². The second-order valence-electron chi connectivity index (χ2n) is 28.7. The molecule has 0 bridgehead atoms. The van der Waals surface area contributed by atoms with Crippen LogP contribution in [-0.2, 0) is 96.0 Å². The van der Waals surface area contributed by atoms with Crippen molar-refractivity contribution in [3.63, 3.8) is 0 Å². The summed E-state index contributed by atoms with van der Waals surface area (Å²) >= 11 is 0. The van der Waals surface area contributed by atoms with E-state index >= 15 is 9.59 Å². The number of H-pyrrole nitrogens is 2. The summed E-state index contributed by atoms with van der Waals surface area (Å²) < 4.78 is 0. The van der Waals surface area contributed by atoms with Gasteiger partial charge in [0.25, 0.3) is 0 Å². The van der Waals surface area contributed by atoms with Crippen molar-refractivity contribution >= 4 is 138 Å². The summed E-state index contributed by atoms with van der Waals surface area (Å²) in [5, 5.41) is 74.3. The first-order valence-corrected chi connectivity index (χ1v) is 39.0. The number of aromatic amines is 2. The molecule has 2 aromatic heterocycles. The van der Waals surface area contributed by atoms with Gasteiger partial charge in [-0.15, -0.1) is 0 Å². The molecule has 13 atom stereocenters. The van der Waals surface area contributed by atoms with Crippen LogP contribution in [0.5, 0.6) is 0 Å². The molecule has 13 amide bonds. The van der Waals surface area contributed by atoms with Crippen molar-refractivity contribution in [2.45, 2.75) is 199 Å². The van der Waals surface area contributed by atoms with E-state index in [0.717, 1.165) is 41.0 Å². The van der Waals surface area contributed by atoms with Gasteiger partial charge in [-0.1, -0.05) is 129 Å². The van der Waals surface area contributed by atoms with Gasteiger partial charge in [0.1, 0.15) is 66.5 Å². The molecule has 608 valence electrons. The number of carboxylic acids is 3. The van der Waals surface area contributed by atoms with Crippen LogP contribution in [0, 0.1) is 24.7 Å². The van der Waals surface area contributed by atoms with Crippen LogP contribution in [0.3, 0.4) is 0 Å². The molecular weight excluding hydrogens is 1500 g/mol. The second kappa shape index (κ2) is 42.9. The van der Waals surface area contributed by atoms with Gasteiger partial charge >= 0.3 is 17.9 Å². The van der Waals surface area contributed by atoms with Crippen LogP contribution < -0.4 is 69.1 Å². The lowest BCUT2D eigenvalue weighted by Crippen LogP contribution is -2.61. The molecule has 0 radical (unpaired) electrons. The highest BCUT2D eigenvalue weighted by atomic mass is 33.1. The third-order valence-corrected chi connectivity index (χ3v) is 20.4. The van der Waals surface area contributed by atoms with E-state index in [1.165, 1.54) is 6.92 Å². The Labute approximate surface area is 653 Å². The molecule has 1 fully saturated rings. The van der Waals surface area contributed by atoms with E-state index in [0.29, 0.717) is 38.5 Å². The van der Waals surface area contributed by atoms with Gasteiger partial charge in [0.15, 0.2) is 6.04 Å². The Bertz CT molecular complexity index is 4230. The van der Waals surface area contributed by atoms with Crippen LogP contribution in [0.4, 0.5) is 0 Å². The number of aryl methyl sites for hydroxylation is 1. The summed E-state index contributed by atoms with van der Waals surface area (Å²) in [7, 11) is 1.50. The normalized spacial score (nSPS) is 22.6. The van der Waals surface area contributed by atoms with E-state index in [-0.39, 0.29) is 43.9 Å². The fraction of sp³-hybridized carbons (Fsp3) is 0.493. The zero-order chi connectivity index (χ0) is 82.8. The van der Waals surface area contributed by atoms with Crippen molar-refractivity contribution in [1.29, 1.82) is 0 Å². The van der Waals surface area contributed by atoms with Crippen LogP contribution in [-0.4, -0.2) is 222 Å². The minimum Gasteiger partial charge on any atom is -0.481 e. The lowest BCUT2D eigenvalue weighted by Gasteiger charge is -2.29. The molecule has 35 nitrogen and oxygen atoms in total. The molecule has 1 aliphatic heterocycles. The molecule has 6 rings (SSSR count). The molecule has 3 heterocycles. The highest BCUT2D eigenvalue weighted by Gasteiger charge is 2.39. The average molecular weight is 1600 g/mol. The largest absolute Gasteiger partial charge is 0.481 e. The van der Waals surface area contributed by atoms with Crippen molar-refractivity contribution in [2.75, 3.05) is 18.1 Å². The lowest BCUT2D eigenvalue weighted by atomic mass is 9.98. The molecule has 0 saturated carbocycles. The Kier molecular flexibility index (Phi) is 34.4. The molecule has 3 aromatic carbocycles. The van der Waals surface area contributed by atoms with Gasteiger partial charge in [-0.3, -0.25) is 71.9 Å². The molecule has 19 N–H and O–H groups in total. The first-order valence-electron chi connectivity index (χ1n) is 36.5. The van der Waals surface area contributed by atoms with Gasteiger partial charge in [-0.05, 0) is 86.6 Å². The van der Waals surface area contributed by atoms with Crippen LogP contribution in [0.25, 0.3) is 21.8 Å². The first kappa shape index (κ1) is 89.8. The summed E-state index contributed by atoms with van der Waals surface area (Å²) in [4.78, 5) is 230. The summed E-state index contributed by atoms with van der Waals surface area (Å²) in [6.07, 6.45) is -1.68. The molecule has 1 aliphatic rings. The smallest absolute Gasteiger partial charge is 0.328 e. The summed E-state index contributed by atoms with van der Waals surface area (Å²) in [6.45, 7) is 14.3. The van der Waals surface area contributed by atoms with E-state index in [4.69, 9.17) is 0 Å². The van der Waals surface area contributed by atoms with Crippen molar-refractivity contribution in [3.05, 3.63) is 107 Å². The number of benzene rings is 3. The number of aliphatic carboxylic acids is 3. The number of carbonyl (C=O) groups excluding carboxylic acids is 13. The number of aromatic nitrogens is 2. The predicted molar refractivity (Wildman–Crippen MR) is 414 cm³/mol. The quantitative estimate of drug-likeness (QED) is 0.0380. The predicted octanol–water partition coefficient (Wildman–Crippen LogP) is -0.0928. The number of rotatable bonds is 23. The number of hydrogen-bond donors (Lipinski definition) is 19. The van der Waals surface area contributed by atoms with Crippen molar-refractivity contribution in [1.82, 2.24) is 79.1 Å². The van der Waals surface area contributed by atoms with Crippen molar-refractivity contribution in [3.8, 4) is 0 Å². The molecule has 112 heavy (non-hydrogen) atoms. The zero-order valence-corrected chi connectivity index (χ0v) is 65.4. The number of aliphatic hydroxyl groups is 1. The number of nitrogens with one attached hydrogen (secondary N) is 15. The fourth-order valence-electron chi connectivity index (χ4n) is 12.2. The molecule has 37 heteroatoms. The Morgan fingerprint density at radius 3 is 1.57 bits per heavy atom. The van der Waals surface area contributed by atoms with Gasteiger partial charge < -0.3 is 99.5 Å². The molecule has 0 spiro atoms. The maximum absolute atomic E-state index is 15.1. The summed E-state index contributed by atoms with van der Waals surface area (Å²) in [5.41, 5.74) is 3.51. The third-order valence-electron chi connectivity index (χ3n) is 18.0. The topological polar surface area (TPSA) is 542 Å². The van der Waals surface area contributed by atoms with Gasteiger partial charge in [0.05, 0.1) is 19.1 Å². The second-order valence-corrected chi connectivity index (χ2v) is 31.3. The van der Waals surface area contributed by atoms with Crippen LogP contribution in [0.2, 0.25) is 0 Å². The van der Waals surface area contributed by atoms with Gasteiger partial charge in [-0.2, -0.15) is 0 Å². The minimum absolute atomic E-state index is 0.0437. The van der Waals surface area contributed by atoms with Crippen LogP contribution >= 0.6 is 21.6 Å². The molecule has 0 aliphatic carbocycles. The average Bonchev–Trinajstić information content (AvgIpc) is 1.66. The number of hydrogen-bond acceptors (Lipinski definition) is 19. The first-order chi connectivity index (χ1) is 52.9. The monoisotopic (exact) mass is 1600 g/mol. The van der Waals surface area contributed by atoms with Gasteiger partial charge in [-0.25, -0.2) is 4.79 Å². The number of carboxylic acid groups (broad SMARTS) is 3. The number of fused-ring (bicyclic) bond motifs is 2. The van der Waals surface area contributed by atoms with Gasteiger partial charge in [0.2, 0.25) is 76.8 Å². The molecule has 1 saturated heterocycles. The number of amides is 13. The van der Waals surface area contributed by atoms with E-state index in [1.54, 1.807) is 134 Å². The Morgan fingerprint density at radius 2 is 1.04 bits per heavy atom. The SMILES string of the molecule is CC(=O)N[C@@H](CC(=O)O)C(=O)N[C@H]1CSSC[C@@H](C(=O)N[C@H](C(=O)O)[C@@H](C)O)NC(=O)[C@H](Cc2c[nH]c3ccccc23)NC(=O)[C@H](C(C)C)NC(=O)[C@H](CC(C)C)NC(=O)[C@H](CCC(=O)O)NC(=O)CNC(=O)[C@H](CC(C)C)NC(=O)[C@H](Cc2cccc(C)c2)NC(=O)[C@H](Cc2c[nH]c3ccccc23)NC(=O)[C@H](C)NC1=O. The molecular formula is C75H101N15O20S2. The summed E-state index contributed by atoms with van der Waals surface area (Å²) in [6, 6.07) is 1.10. The Hall–Kier alpha value is -11.1. The number of carbonyl (C=O) groups is 16. The fourth-order valence-corrected chi connectivity index (χ4v) is 14.5. The Balaban J connectivity index is 1.47. The van der Waals surface area contributed by atoms with E-state index in [1.807, 2.05) is 0 Å². The third kappa shape index (κ3) is 28.0. The maximum Gasteiger partial charge on any atom is 0.328 e. The molecule has 0 unspecified atom stereocenters. The summed E-state index contributed by atoms with van der Waals surface area (Å²) in [5.74, 6) is -20.2. The highest BCUT2D eigenvalue weighted by Crippen LogP contribution is 2.26. The maximum atomic E-state index is 15.1. The van der Waals surface area contributed by atoms with Crippen molar-refractivity contribution < 1.29 is 97.1 Å². The highest BCUT2D eigenvalue weighted by molar-refractivity contribution is 8.76. The number of aliphatic hydroxyl groups excluding tert-OH is 1. The van der Waals surface area contributed by atoms with Crippen LogP contribution in [0.1, 0.15) is 117 Å². The van der Waals surface area contributed by atoms with Crippen LogP contribution in [0.15, 0.2) is 85.2 Å². The zero-order valence-electron chi connectivity index (χ0n) is 63.7. The van der Waals surface area contributed by atoms with E-state index in [9.17, 15) is 87.5 Å². The molecule has 5 aromatic rings. The standard InChI is InChI=1S/C75H101N15O20S2/c1-36(2)24-51-65(99)78-33-59(93)81-50(22-23-60(94)95)66(100)84-52(25-37(3)4)71(105)89-62(38(5)6)74(108)86-55(29-45-32-77-49-21-14-12-19-47(45)49)69(103)88-58(73(107)90-63(41(9)91)75(109)110)35-112-111-34-57(87-70(104)56(30-61(96)97)80-42(10)92)72(106)79-40(8)64(98)82-54(28-44-31-76-48-20-13-11-18-46(44)48)68(102)85-53(67(101)83-51)27-43-17-15-16-39(7)26-43/h11-21,26,31-32,36-38,40-41,50-58,62-63,76-77,91H,22-25,27-30,33-35H2,1-10H3,(H,78,99)(H,79,106)(H,80,92)(H,81,93)(H,82,98)(H,83,101)(H,84,100)(H,85,102)(H,86,108)(H,87,104)(H,88,103)(H,89,105)(H,90,107)(H,94,95)(H,96,97)(H,109,110)/t40-,41+,50-,51-,52-,53-,54-,55-,56-,57-,58-,62-,63-/m0/s1.